The second-order valence-electron chi connectivity index (χ2n) is 3.24. The number of sulfonamides is 1. The number of aromatic amines is 1. The van der Waals surface area contributed by atoms with E-state index in [1.807, 2.05) is 0 Å². The quantitative estimate of drug-likeness (QED) is 0.828. The molecular weight excluding hydrogens is 230 g/mol. The van der Waals surface area contributed by atoms with Crippen molar-refractivity contribution in [2.75, 3.05) is 0 Å². The third-order valence-electron chi connectivity index (χ3n) is 1.99. The van der Waals surface area contributed by atoms with Gasteiger partial charge >= 0.3 is 0 Å². The molecule has 2 aromatic rings. The molecule has 0 aromatic carbocycles. The molecule has 0 saturated heterocycles. The topological polar surface area (TPSA) is 88.0 Å². The maximum absolute atomic E-state index is 11.7. The number of H-pyrrole nitrogens is 1. The molecule has 0 aliphatic carbocycles. The summed E-state index contributed by atoms with van der Waals surface area (Å²) in [6.45, 7) is 1.80. The monoisotopic (exact) mass is 241 g/mol. The van der Waals surface area contributed by atoms with Crippen molar-refractivity contribution in [3.63, 3.8) is 0 Å². The third kappa shape index (κ3) is 2.31. The minimum Gasteiger partial charge on any atom is -0.468 e. The smallest absolute Gasteiger partial charge is 0.258 e. The predicted molar refractivity (Wildman–Crippen MR) is 56.1 cm³/mol. The number of rotatable bonds is 4. The first-order chi connectivity index (χ1) is 7.58. The first kappa shape index (κ1) is 10.9. The number of hydrogen-bond acceptors (Lipinski definition) is 4. The zero-order chi connectivity index (χ0) is 11.6. The zero-order valence-electron chi connectivity index (χ0n) is 8.60. The maximum atomic E-state index is 11.7. The van der Waals surface area contributed by atoms with Gasteiger partial charge in [-0.3, -0.25) is 0 Å². The molecule has 0 saturated carbocycles. The molecule has 2 heterocycles. The predicted octanol–water partition coefficient (Wildman–Crippen LogP) is 0.790. The Morgan fingerprint density at radius 1 is 1.56 bits per heavy atom. The molecule has 6 nitrogen and oxygen atoms in total. The van der Waals surface area contributed by atoms with Crippen LogP contribution in [0.3, 0.4) is 0 Å². The highest BCUT2D eigenvalue weighted by molar-refractivity contribution is 7.89. The molecule has 0 fully saturated rings. The molecule has 86 valence electrons. The van der Waals surface area contributed by atoms with Crippen LogP contribution in [0.15, 0.2) is 34.0 Å². The standard InChI is InChI=1S/C9H11N3O3S/c1-7-10-6-9(12-7)16(13,14)11-5-8-3-2-4-15-8/h2-4,6,11H,5H2,1H3,(H,10,12). The summed E-state index contributed by atoms with van der Waals surface area (Å²) in [6, 6.07) is 3.39. The molecule has 0 radical (unpaired) electrons. The van der Waals surface area contributed by atoms with Crippen LogP contribution in [0.4, 0.5) is 0 Å². The van der Waals surface area contributed by atoms with Crippen molar-refractivity contribution < 1.29 is 12.8 Å². The average Bonchev–Trinajstić information content (AvgIpc) is 2.85. The van der Waals surface area contributed by atoms with E-state index in [0.717, 1.165) is 0 Å². The Kier molecular flexibility index (Phi) is 2.80. The van der Waals surface area contributed by atoms with Crippen molar-refractivity contribution in [2.45, 2.75) is 18.5 Å². The van der Waals surface area contributed by atoms with Gasteiger partial charge in [-0.2, -0.15) is 0 Å². The summed E-state index contributed by atoms with van der Waals surface area (Å²) in [6.07, 6.45) is 2.77. The van der Waals surface area contributed by atoms with E-state index in [0.29, 0.717) is 11.6 Å². The number of aryl methyl sites for hydroxylation is 1. The van der Waals surface area contributed by atoms with Gasteiger partial charge in [-0.25, -0.2) is 18.1 Å². The third-order valence-corrected chi connectivity index (χ3v) is 3.30. The van der Waals surface area contributed by atoms with Crippen molar-refractivity contribution >= 4 is 10.0 Å². The molecule has 0 aliphatic heterocycles. The maximum Gasteiger partial charge on any atom is 0.258 e. The molecule has 16 heavy (non-hydrogen) atoms. The molecule has 0 atom stereocenters. The van der Waals surface area contributed by atoms with Crippen LogP contribution in [0.5, 0.6) is 0 Å². The van der Waals surface area contributed by atoms with Crippen molar-refractivity contribution in [2.24, 2.45) is 0 Å². The van der Waals surface area contributed by atoms with Gasteiger partial charge in [-0.1, -0.05) is 0 Å². The SMILES string of the molecule is Cc1ncc(S(=O)(=O)NCc2ccco2)[nH]1. The van der Waals surface area contributed by atoms with Gasteiger partial charge < -0.3 is 9.40 Å². The molecule has 0 amide bonds. The Morgan fingerprint density at radius 2 is 2.38 bits per heavy atom. The van der Waals surface area contributed by atoms with Crippen molar-refractivity contribution in [1.82, 2.24) is 14.7 Å². The van der Waals surface area contributed by atoms with E-state index >= 15 is 0 Å². The number of hydrogen-bond donors (Lipinski definition) is 2. The van der Waals surface area contributed by atoms with Gasteiger partial charge in [0.25, 0.3) is 10.0 Å². The summed E-state index contributed by atoms with van der Waals surface area (Å²) in [4.78, 5) is 6.48. The molecule has 0 spiro atoms. The van der Waals surface area contributed by atoms with Gasteiger partial charge in [0.05, 0.1) is 19.0 Å². The highest BCUT2D eigenvalue weighted by Crippen LogP contribution is 2.06. The summed E-state index contributed by atoms with van der Waals surface area (Å²) in [7, 11) is -3.54. The van der Waals surface area contributed by atoms with E-state index in [4.69, 9.17) is 4.42 Å². The highest BCUT2D eigenvalue weighted by atomic mass is 32.2. The Balaban J connectivity index is 2.09. The van der Waals surface area contributed by atoms with Crippen LogP contribution in [0.2, 0.25) is 0 Å². The number of furan rings is 1. The second kappa shape index (κ2) is 4.11. The van der Waals surface area contributed by atoms with Crippen LogP contribution in [0.25, 0.3) is 0 Å². The molecule has 2 N–H and O–H groups in total. The molecule has 0 bridgehead atoms. The fourth-order valence-electron chi connectivity index (χ4n) is 1.19. The average molecular weight is 241 g/mol. The van der Waals surface area contributed by atoms with E-state index < -0.39 is 10.0 Å². The lowest BCUT2D eigenvalue weighted by atomic mass is 10.5. The molecule has 2 rings (SSSR count). The van der Waals surface area contributed by atoms with E-state index in [1.54, 1.807) is 19.1 Å². The summed E-state index contributed by atoms with van der Waals surface area (Å²) in [5, 5.41) is 0.0524. The van der Waals surface area contributed by atoms with Gasteiger partial charge in [0, 0.05) is 0 Å². The van der Waals surface area contributed by atoms with Crippen molar-refractivity contribution in [3.8, 4) is 0 Å². The first-order valence-corrected chi connectivity index (χ1v) is 6.10. The molecule has 0 unspecified atom stereocenters. The van der Waals surface area contributed by atoms with Gasteiger partial charge in [0.2, 0.25) is 0 Å². The van der Waals surface area contributed by atoms with Crippen LogP contribution >= 0.6 is 0 Å². The Labute approximate surface area is 92.8 Å². The number of aromatic nitrogens is 2. The fourth-order valence-corrected chi connectivity index (χ4v) is 2.15. The Hall–Kier alpha value is -1.60. The van der Waals surface area contributed by atoms with Gasteiger partial charge in [-0.05, 0) is 19.1 Å². The summed E-state index contributed by atoms with van der Waals surface area (Å²) >= 11 is 0. The number of nitrogens with one attached hydrogen (secondary N) is 2. The second-order valence-corrected chi connectivity index (χ2v) is 4.97. The lowest BCUT2D eigenvalue weighted by molar-refractivity contribution is 0.498. The fraction of sp³-hybridized carbons (Fsp3) is 0.222. The van der Waals surface area contributed by atoms with Gasteiger partial charge in [0.15, 0.2) is 5.03 Å². The highest BCUT2D eigenvalue weighted by Gasteiger charge is 2.16. The van der Waals surface area contributed by atoms with Gasteiger partial charge in [0.1, 0.15) is 11.6 Å². The lowest BCUT2D eigenvalue weighted by Crippen LogP contribution is -2.23. The largest absolute Gasteiger partial charge is 0.468 e. The molecule has 0 aliphatic rings. The van der Waals surface area contributed by atoms with E-state index in [-0.39, 0.29) is 11.6 Å². The molecule has 2 aromatic heterocycles. The summed E-state index contributed by atoms with van der Waals surface area (Å²) in [5.41, 5.74) is 0. The lowest BCUT2D eigenvalue weighted by Gasteiger charge is -2.01. The van der Waals surface area contributed by atoms with Crippen molar-refractivity contribution in [1.29, 1.82) is 0 Å². The normalized spacial score (nSPS) is 11.8. The van der Waals surface area contributed by atoms with E-state index in [1.165, 1.54) is 12.5 Å². The van der Waals surface area contributed by atoms with Crippen LogP contribution in [0, 0.1) is 6.92 Å². The molecular formula is C9H11N3O3S. The number of imidazole rings is 1. The van der Waals surface area contributed by atoms with Crippen LogP contribution < -0.4 is 4.72 Å². The Bertz CT molecular complexity index is 557. The van der Waals surface area contributed by atoms with E-state index in [9.17, 15) is 8.42 Å². The summed E-state index contributed by atoms with van der Waals surface area (Å²) < 4.78 is 30.8. The van der Waals surface area contributed by atoms with Crippen LogP contribution in [-0.4, -0.2) is 18.4 Å². The van der Waals surface area contributed by atoms with E-state index in [2.05, 4.69) is 14.7 Å². The van der Waals surface area contributed by atoms with Gasteiger partial charge in [-0.15, -0.1) is 0 Å². The Morgan fingerprint density at radius 3 is 2.94 bits per heavy atom. The minimum absolute atomic E-state index is 0.0524. The van der Waals surface area contributed by atoms with Crippen LogP contribution in [-0.2, 0) is 16.6 Å². The first-order valence-electron chi connectivity index (χ1n) is 4.61. The molecule has 7 heteroatoms. The zero-order valence-corrected chi connectivity index (χ0v) is 9.41. The van der Waals surface area contributed by atoms with Crippen LogP contribution in [0.1, 0.15) is 11.6 Å². The minimum atomic E-state index is -3.54. The summed E-state index contributed by atoms with van der Waals surface area (Å²) in [5.74, 6) is 1.11. The number of nitrogens with zero attached hydrogens (tertiary/aromatic N) is 1. The van der Waals surface area contributed by atoms with Crippen molar-refractivity contribution in [3.05, 3.63) is 36.2 Å².